The molecule has 0 radical (unpaired) electrons. The zero-order valence-corrected chi connectivity index (χ0v) is 45.8. The number of hydrogen-bond donors (Lipinski definition) is 3. The molecule has 8 rings (SSSR count). The molecule has 0 spiro atoms. The second-order valence-corrected chi connectivity index (χ2v) is 23.7. The van der Waals surface area contributed by atoms with E-state index in [1.54, 1.807) is 0 Å². The normalized spacial score (nSPS) is 12.5. The van der Waals surface area contributed by atoms with Gasteiger partial charge < -0.3 is 29.2 Å². The van der Waals surface area contributed by atoms with Crippen LogP contribution >= 0.6 is 35.3 Å². The number of aromatic amines is 3. The molecule has 1 aliphatic heterocycles. The number of halogens is 12. The highest BCUT2D eigenvalue weighted by atomic mass is 32.2. The van der Waals surface area contributed by atoms with Crippen LogP contribution < -0.4 is 0 Å². The highest BCUT2D eigenvalue weighted by Crippen LogP contribution is 2.45. The maximum absolute atomic E-state index is 16.9. The number of esters is 3. The number of fused-ring (bicyclic) bond motifs is 9. The van der Waals surface area contributed by atoms with Crippen molar-refractivity contribution in [2.45, 2.75) is 93.8 Å². The second kappa shape index (κ2) is 22.2. The smallest absolute Gasteiger partial charge is 0.316 e. The Morgan fingerprint density at radius 2 is 0.588 bits per heavy atom. The number of hydrogen-bond acceptors (Lipinski definition) is 10. The van der Waals surface area contributed by atoms with Crippen molar-refractivity contribution in [3.63, 3.8) is 0 Å². The first kappa shape index (κ1) is 59.1. The lowest BCUT2D eigenvalue weighted by atomic mass is 10.0. The van der Waals surface area contributed by atoms with Crippen LogP contribution in [-0.2, 0) is 28.6 Å². The summed E-state index contributed by atoms with van der Waals surface area (Å²) in [4.78, 5) is 46.3. The molecule has 0 atom stereocenters. The van der Waals surface area contributed by atoms with Crippen molar-refractivity contribution in [1.82, 2.24) is 19.9 Å². The van der Waals surface area contributed by atoms with E-state index in [1.807, 2.05) is 0 Å². The third-order valence-corrected chi connectivity index (χ3v) is 14.3. The molecule has 7 aromatic rings. The number of ether oxygens (including phenoxy) is 3. The fourth-order valence-corrected chi connectivity index (χ4v) is 10.6. The zero-order chi connectivity index (χ0) is 58.8. The van der Waals surface area contributed by atoms with Gasteiger partial charge in [0.05, 0.1) is 71.1 Å². The van der Waals surface area contributed by atoms with Crippen molar-refractivity contribution in [3.05, 3.63) is 118 Å². The van der Waals surface area contributed by atoms with Gasteiger partial charge in [-0.05, 0) is 111 Å². The Morgan fingerprint density at radius 1 is 0.362 bits per heavy atom. The Bertz CT molecular complexity index is 3810. The summed E-state index contributed by atoms with van der Waals surface area (Å²) in [6.07, 6.45) is 1.88. The van der Waals surface area contributed by atoms with Crippen LogP contribution in [0, 0.1) is 69.8 Å². The summed E-state index contributed by atoms with van der Waals surface area (Å²) in [5.74, 6) is -29.7. The van der Waals surface area contributed by atoms with Gasteiger partial charge in [0.25, 0.3) is 0 Å². The van der Waals surface area contributed by atoms with E-state index in [2.05, 4.69) is 19.9 Å². The van der Waals surface area contributed by atoms with E-state index in [-0.39, 0.29) is 57.4 Å². The predicted octanol–water partition coefficient (Wildman–Crippen LogP) is 15.7. The van der Waals surface area contributed by atoms with Gasteiger partial charge in [-0.2, -0.15) is 0 Å². The predicted molar refractivity (Wildman–Crippen MR) is 281 cm³/mol. The summed E-state index contributed by atoms with van der Waals surface area (Å²) < 4.78 is 213. The average molecular weight is 1180 g/mol. The average Bonchev–Trinajstić information content (AvgIpc) is 4.34. The van der Waals surface area contributed by atoms with Gasteiger partial charge in [0.15, 0.2) is 69.8 Å². The van der Waals surface area contributed by atoms with Crippen LogP contribution in [0.15, 0.2) is 51.1 Å². The molecule has 1 aliphatic rings. The molecule has 3 N–H and O–H groups in total. The summed E-state index contributed by atoms with van der Waals surface area (Å²) in [5.41, 5.74) is -13.1. The molecule has 5 heterocycles. The van der Waals surface area contributed by atoms with Crippen molar-refractivity contribution < 1.29 is 81.3 Å². The number of H-pyrrole nitrogens is 3. The van der Waals surface area contributed by atoms with Crippen molar-refractivity contribution in [2.24, 2.45) is 0 Å². The van der Waals surface area contributed by atoms with Gasteiger partial charge in [-0.3, -0.25) is 14.4 Å². The number of nitrogens with zero attached hydrogens (tertiary/aromatic N) is 1. The molecule has 0 aliphatic carbocycles. The summed E-state index contributed by atoms with van der Waals surface area (Å²) in [7, 11) is 0. The maximum atomic E-state index is 16.9. The minimum Gasteiger partial charge on any atom is -0.459 e. The summed E-state index contributed by atoms with van der Waals surface area (Å²) in [6, 6.07) is 6.78. The number of benzene rings is 3. The van der Waals surface area contributed by atoms with Gasteiger partial charge in [-0.1, -0.05) is 0 Å². The van der Waals surface area contributed by atoms with Gasteiger partial charge in [0.2, 0.25) is 0 Å². The summed E-state index contributed by atoms with van der Waals surface area (Å²) >= 11 is 0.202. The molecule has 4 aromatic heterocycles. The molecular weight excluding hydrogens is 1140 g/mol. The molecule has 0 saturated carbocycles. The van der Waals surface area contributed by atoms with Gasteiger partial charge in [0.1, 0.15) is 16.8 Å². The van der Waals surface area contributed by atoms with Gasteiger partial charge in [-0.15, -0.1) is 35.3 Å². The summed E-state index contributed by atoms with van der Waals surface area (Å²) in [6.45, 7) is 13.5. The zero-order valence-electron chi connectivity index (χ0n) is 43.4. The molecule has 8 bridgehead atoms. The molecule has 0 amide bonds. The molecule has 422 valence electrons. The monoisotopic (exact) mass is 1180 g/mol. The lowest BCUT2D eigenvalue weighted by Crippen LogP contribution is -2.25. The van der Waals surface area contributed by atoms with Crippen LogP contribution in [0.25, 0.3) is 78.6 Å². The van der Waals surface area contributed by atoms with E-state index in [0.717, 1.165) is 36.4 Å². The number of rotatable bonds is 12. The minimum absolute atomic E-state index is 0.0219. The van der Waals surface area contributed by atoms with Crippen molar-refractivity contribution in [1.29, 1.82) is 0 Å². The largest absolute Gasteiger partial charge is 0.459 e. The SMILES string of the molecule is CC(C)(C)OC(=O)CSc1c(F)c(F)c(-c2c3nc(c(-c4c(F)c(F)c(SCC(=O)OC(C)(C)C)c(F)c4F)c4ccc([nH]4)c4ccc([nH]4)c(-c4c(F)c(F)c(SCC(=O)OC(C)(C)C)c(F)c4F)c4ccc2[nH]4)C=C3)c(F)c1F. The first-order valence-electron chi connectivity index (χ1n) is 23.7. The fraction of sp³-hybridized carbons (Fsp3) is 0.273. The van der Waals surface area contributed by atoms with E-state index >= 15 is 52.7 Å². The molecule has 80 heavy (non-hydrogen) atoms. The van der Waals surface area contributed by atoms with E-state index < -0.39 is 192 Å². The molecule has 10 nitrogen and oxygen atoms in total. The third-order valence-electron chi connectivity index (χ3n) is 11.3. The van der Waals surface area contributed by atoms with Gasteiger partial charge in [0, 0.05) is 38.8 Å². The fourth-order valence-electron chi connectivity index (χ4n) is 8.32. The molecular formula is C55H44F12N4O6S3. The van der Waals surface area contributed by atoms with E-state index in [1.165, 1.54) is 74.4 Å². The Hall–Kier alpha value is -6.99. The quantitative estimate of drug-likeness (QED) is 0.0356. The first-order chi connectivity index (χ1) is 37.3. The van der Waals surface area contributed by atoms with Crippen LogP contribution in [0.1, 0.15) is 73.7 Å². The Balaban J connectivity index is 1.45. The number of carbonyl (C=O) groups is 3. The standard InChI is InChI=1S/C55H44F12N4O6S3/c1-53(2,3)75-29(72)18-78-50-44(62)38(56)35(39(57)45(50)63)32-23-12-10-21(68-23)22-11-13-24(69-22)33(36-40(58)46(64)51(47(65)41(36)59)79-19-30(73)76-54(4,5)6)26-15-17-28(71-26)34(27-16-14-25(32)70-27)37-42(60)48(66)52(49(67)43(37)61)80-20-31(74)77-55(7,8)9/h10-17,68-70H,18-20H2,1-9H3. The number of thioether (sulfide) groups is 3. The van der Waals surface area contributed by atoms with Crippen LogP contribution in [0.3, 0.4) is 0 Å². The van der Waals surface area contributed by atoms with Gasteiger partial charge >= 0.3 is 17.9 Å². The molecule has 0 fully saturated rings. The van der Waals surface area contributed by atoms with Crippen molar-refractivity contribution in [2.75, 3.05) is 17.3 Å². The first-order valence-corrected chi connectivity index (χ1v) is 26.7. The topological polar surface area (TPSA) is 139 Å². The van der Waals surface area contributed by atoms with E-state index in [4.69, 9.17) is 14.2 Å². The molecule has 25 heteroatoms. The number of aromatic nitrogens is 4. The van der Waals surface area contributed by atoms with Crippen LogP contribution in [-0.4, -0.2) is 71.9 Å². The summed E-state index contributed by atoms with van der Waals surface area (Å²) in [5, 5.41) is 0. The van der Waals surface area contributed by atoms with Crippen molar-refractivity contribution >= 4 is 98.4 Å². The van der Waals surface area contributed by atoms with Crippen LogP contribution in [0.2, 0.25) is 0 Å². The Labute approximate surface area is 459 Å². The lowest BCUT2D eigenvalue weighted by Gasteiger charge is -2.19. The molecule has 3 aromatic carbocycles. The van der Waals surface area contributed by atoms with Gasteiger partial charge in [-0.25, -0.2) is 57.7 Å². The third kappa shape index (κ3) is 11.9. The van der Waals surface area contributed by atoms with Crippen LogP contribution in [0.5, 0.6) is 0 Å². The highest BCUT2D eigenvalue weighted by molar-refractivity contribution is 8.00. The molecule has 0 unspecified atom stereocenters. The van der Waals surface area contributed by atoms with Crippen LogP contribution in [0.4, 0.5) is 52.7 Å². The maximum Gasteiger partial charge on any atom is 0.316 e. The highest BCUT2D eigenvalue weighted by Gasteiger charge is 2.35. The Morgan fingerprint density at radius 3 is 0.850 bits per heavy atom. The van der Waals surface area contributed by atoms with E-state index in [0.29, 0.717) is 0 Å². The second-order valence-electron chi connectivity index (χ2n) is 20.7. The lowest BCUT2D eigenvalue weighted by molar-refractivity contribution is -0.152. The Kier molecular flexibility index (Phi) is 16.4. The molecule has 0 saturated heterocycles. The van der Waals surface area contributed by atoms with Crippen molar-refractivity contribution in [3.8, 4) is 33.4 Å². The van der Waals surface area contributed by atoms with E-state index in [9.17, 15) is 14.4 Å². The minimum atomic E-state index is -2.12. The number of carbonyl (C=O) groups excluding carboxylic acids is 3. The number of nitrogens with one attached hydrogen (secondary N) is 3.